The number of ether oxygens (including phenoxy) is 1. The molecule has 0 bridgehead atoms. The van der Waals surface area contributed by atoms with E-state index >= 15 is 0 Å². The Kier molecular flexibility index (Phi) is 7.08. The number of benzene rings is 1. The van der Waals surface area contributed by atoms with Crippen molar-refractivity contribution >= 4 is 5.97 Å². The Balaban J connectivity index is 2.63. The SMILES string of the molecule is CC(C)Oc1ccc(C(NCCCN=[N+]=[N-])C(=O)O)cc1. The van der Waals surface area contributed by atoms with Gasteiger partial charge in [0.2, 0.25) is 0 Å². The van der Waals surface area contributed by atoms with Gasteiger partial charge in [-0.1, -0.05) is 17.2 Å². The van der Waals surface area contributed by atoms with Gasteiger partial charge in [-0.3, -0.25) is 4.79 Å². The highest BCUT2D eigenvalue weighted by atomic mass is 16.5. The standard InChI is InChI=1S/C14H20N4O3/c1-10(2)21-12-6-4-11(5-7-12)13(14(19)20)16-8-3-9-17-18-15/h4-7,10,13,16H,3,8-9H2,1-2H3,(H,19,20). The maximum Gasteiger partial charge on any atom is 0.325 e. The van der Waals surface area contributed by atoms with Crippen LogP contribution in [0, 0.1) is 0 Å². The summed E-state index contributed by atoms with van der Waals surface area (Å²) in [5.74, 6) is -0.238. The number of carboxylic acids is 1. The number of rotatable bonds is 9. The molecule has 0 heterocycles. The Hall–Kier alpha value is -2.24. The molecule has 1 atom stereocenters. The average Bonchev–Trinajstić information content (AvgIpc) is 2.43. The first kappa shape index (κ1) is 16.8. The van der Waals surface area contributed by atoms with Gasteiger partial charge in [0, 0.05) is 11.5 Å². The number of hydrogen-bond donors (Lipinski definition) is 2. The minimum atomic E-state index is -0.948. The van der Waals surface area contributed by atoms with E-state index in [1.165, 1.54) is 0 Å². The van der Waals surface area contributed by atoms with Gasteiger partial charge in [-0.05, 0) is 50.0 Å². The molecule has 21 heavy (non-hydrogen) atoms. The van der Waals surface area contributed by atoms with Crippen LogP contribution >= 0.6 is 0 Å². The molecule has 7 nitrogen and oxygen atoms in total. The quantitative estimate of drug-likeness (QED) is 0.316. The van der Waals surface area contributed by atoms with Crippen LogP contribution in [0.3, 0.4) is 0 Å². The first-order chi connectivity index (χ1) is 10.0. The zero-order chi connectivity index (χ0) is 15.7. The van der Waals surface area contributed by atoms with Crippen molar-refractivity contribution in [3.63, 3.8) is 0 Å². The molecular formula is C14H20N4O3. The predicted molar refractivity (Wildman–Crippen MR) is 79.2 cm³/mol. The highest BCUT2D eigenvalue weighted by molar-refractivity contribution is 5.75. The summed E-state index contributed by atoms with van der Waals surface area (Å²) in [6.45, 7) is 4.66. The summed E-state index contributed by atoms with van der Waals surface area (Å²) in [5, 5.41) is 15.6. The highest BCUT2D eigenvalue weighted by Crippen LogP contribution is 2.19. The third kappa shape index (κ3) is 6.16. The summed E-state index contributed by atoms with van der Waals surface area (Å²) < 4.78 is 5.52. The fourth-order valence-electron chi connectivity index (χ4n) is 1.80. The fourth-order valence-corrected chi connectivity index (χ4v) is 1.80. The van der Waals surface area contributed by atoms with Crippen molar-refractivity contribution in [2.75, 3.05) is 13.1 Å². The lowest BCUT2D eigenvalue weighted by atomic mass is 10.1. The Morgan fingerprint density at radius 2 is 2.10 bits per heavy atom. The maximum absolute atomic E-state index is 11.3. The van der Waals surface area contributed by atoms with Crippen molar-refractivity contribution in [1.82, 2.24) is 5.32 Å². The second kappa shape index (κ2) is 8.84. The van der Waals surface area contributed by atoms with Crippen molar-refractivity contribution in [2.45, 2.75) is 32.4 Å². The highest BCUT2D eigenvalue weighted by Gasteiger charge is 2.18. The monoisotopic (exact) mass is 292 g/mol. The van der Waals surface area contributed by atoms with Crippen molar-refractivity contribution < 1.29 is 14.6 Å². The van der Waals surface area contributed by atoms with Crippen LogP contribution in [0.15, 0.2) is 29.4 Å². The van der Waals surface area contributed by atoms with E-state index in [9.17, 15) is 9.90 Å². The van der Waals surface area contributed by atoms with Crippen LogP contribution in [0.5, 0.6) is 5.75 Å². The van der Waals surface area contributed by atoms with E-state index in [-0.39, 0.29) is 6.10 Å². The van der Waals surface area contributed by atoms with Gasteiger partial charge in [-0.25, -0.2) is 0 Å². The molecule has 1 unspecified atom stereocenters. The minimum Gasteiger partial charge on any atom is -0.491 e. The molecule has 1 aromatic carbocycles. The molecule has 1 aromatic rings. The van der Waals surface area contributed by atoms with E-state index in [1.807, 2.05) is 13.8 Å². The molecule has 0 aromatic heterocycles. The van der Waals surface area contributed by atoms with E-state index in [1.54, 1.807) is 24.3 Å². The van der Waals surface area contributed by atoms with E-state index in [4.69, 9.17) is 10.3 Å². The van der Waals surface area contributed by atoms with Crippen molar-refractivity contribution in [3.05, 3.63) is 40.3 Å². The number of carbonyl (C=O) groups is 1. The molecule has 0 aliphatic carbocycles. The average molecular weight is 292 g/mol. The summed E-state index contributed by atoms with van der Waals surface area (Å²) in [4.78, 5) is 14.0. The molecule has 1 rings (SSSR count). The van der Waals surface area contributed by atoms with Crippen molar-refractivity contribution in [1.29, 1.82) is 0 Å². The smallest absolute Gasteiger partial charge is 0.325 e. The molecule has 0 spiro atoms. The fraction of sp³-hybridized carbons (Fsp3) is 0.500. The second-order valence-corrected chi connectivity index (χ2v) is 4.77. The van der Waals surface area contributed by atoms with Crippen LogP contribution in [0.4, 0.5) is 0 Å². The minimum absolute atomic E-state index is 0.0740. The summed E-state index contributed by atoms with van der Waals surface area (Å²) in [6.07, 6.45) is 0.660. The molecule has 0 radical (unpaired) electrons. The lowest BCUT2D eigenvalue weighted by Gasteiger charge is -2.16. The third-order valence-corrected chi connectivity index (χ3v) is 2.68. The van der Waals surface area contributed by atoms with E-state index in [0.29, 0.717) is 30.8 Å². The van der Waals surface area contributed by atoms with Gasteiger partial charge in [0.25, 0.3) is 0 Å². The van der Waals surface area contributed by atoms with Crippen LogP contribution in [0.2, 0.25) is 0 Å². The van der Waals surface area contributed by atoms with Crippen LogP contribution in [-0.2, 0) is 4.79 Å². The second-order valence-electron chi connectivity index (χ2n) is 4.77. The largest absolute Gasteiger partial charge is 0.491 e. The normalized spacial score (nSPS) is 11.8. The topological polar surface area (TPSA) is 107 Å². The van der Waals surface area contributed by atoms with Gasteiger partial charge >= 0.3 is 5.97 Å². The van der Waals surface area contributed by atoms with E-state index in [2.05, 4.69) is 15.3 Å². The molecule has 0 saturated carbocycles. The molecular weight excluding hydrogens is 272 g/mol. The van der Waals surface area contributed by atoms with Crippen LogP contribution in [0.1, 0.15) is 31.9 Å². The van der Waals surface area contributed by atoms with Gasteiger partial charge in [-0.2, -0.15) is 0 Å². The van der Waals surface area contributed by atoms with Gasteiger partial charge in [0.1, 0.15) is 11.8 Å². The van der Waals surface area contributed by atoms with Crippen LogP contribution in [-0.4, -0.2) is 30.3 Å². The summed E-state index contributed by atoms with van der Waals surface area (Å²) in [5.41, 5.74) is 8.82. The van der Waals surface area contributed by atoms with E-state index in [0.717, 1.165) is 0 Å². The Labute approximate surface area is 123 Å². The maximum atomic E-state index is 11.3. The van der Waals surface area contributed by atoms with Gasteiger partial charge < -0.3 is 15.2 Å². The number of nitrogens with zero attached hydrogens (tertiary/aromatic N) is 3. The van der Waals surface area contributed by atoms with Crippen LogP contribution in [0.25, 0.3) is 10.4 Å². The van der Waals surface area contributed by atoms with Crippen molar-refractivity contribution in [2.24, 2.45) is 5.11 Å². The zero-order valence-corrected chi connectivity index (χ0v) is 12.2. The number of carboxylic acid groups (broad SMARTS) is 1. The van der Waals surface area contributed by atoms with E-state index < -0.39 is 12.0 Å². The molecule has 0 aliphatic rings. The Morgan fingerprint density at radius 3 is 2.62 bits per heavy atom. The number of hydrogen-bond acceptors (Lipinski definition) is 4. The van der Waals surface area contributed by atoms with Crippen molar-refractivity contribution in [3.8, 4) is 5.75 Å². The summed E-state index contributed by atoms with van der Waals surface area (Å²) in [7, 11) is 0. The summed E-state index contributed by atoms with van der Waals surface area (Å²) >= 11 is 0. The molecule has 0 amide bonds. The molecule has 7 heteroatoms. The third-order valence-electron chi connectivity index (χ3n) is 2.68. The van der Waals surface area contributed by atoms with Crippen LogP contribution < -0.4 is 10.1 Å². The Bertz CT molecular complexity index is 495. The van der Waals surface area contributed by atoms with Gasteiger partial charge in [0.05, 0.1) is 6.10 Å². The molecule has 2 N–H and O–H groups in total. The molecule has 0 saturated heterocycles. The number of aliphatic carboxylic acids is 1. The van der Waals surface area contributed by atoms with Gasteiger partial charge in [0.15, 0.2) is 0 Å². The predicted octanol–water partition coefficient (Wildman–Crippen LogP) is 2.89. The number of azide groups is 1. The van der Waals surface area contributed by atoms with Gasteiger partial charge in [-0.15, -0.1) is 0 Å². The lowest BCUT2D eigenvalue weighted by Crippen LogP contribution is -2.29. The first-order valence-corrected chi connectivity index (χ1v) is 6.78. The first-order valence-electron chi connectivity index (χ1n) is 6.78. The Morgan fingerprint density at radius 1 is 1.43 bits per heavy atom. The summed E-state index contributed by atoms with van der Waals surface area (Å²) in [6, 6.07) is 6.19. The molecule has 0 fully saturated rings. The zero-order valence-electron chi connectivity index (χ0n) is 12.2. The molecule has 114 valence electrons. The molecule has 0 aliphatic heterocycles. The lowest BCUT2D eigenvalue weighted by molar-refractivity contribution is -0.139. The number of nitrogens with one attached hydrogen (secondary N) is 1.